The van der Waals surface area contributed by atoms with Gasteiger partial charge in [-0.25, -0.2) is 0 Å². The second-order valence-corrected chi connectivity index (χ2v) is 4.35. The van der Waals surface area contributed by atoms with Gasteiger partial charge in [0.25, 0.3) is 0 Å². The zero-order valence-electron chi connectivity index (χ0n) is 11.2. The van der Waals surface area contributed by atoms with Gasteiger partial charge in [0.2, 0.25) is 11.8 Å². The summed E-state index contributed by atoms with van der Waals surface area (Å²) in [5.74, 6) is 0.398. The topological polar surface area (TPSA) is 58.6 Å². The lowest BCUT2D eigenvalue weighted by Crippen LogP contribution is -2.58. The van der Waals surface area contributed by atoms with Crippen LogP contribution in [0.3, 0.4) is 0 Å². The summed E-state index contributed by atoms with van der Waals surface area (Å²) in [6.45, 7) is 4.32. The van der Waals surface area contributed by atoms with Crippen LogP contribution in [0.15, 0.2) is 24.3 Å². The zero-order valence-corrected chi connectivity index (χ0v) is 11.2. The van der Waals surface area contributed by atoms with Crippen molar-refractivity contribution < 1.29 is 14.3 Å². The lowest BCUT2D eigenvalue weighted by atomic mass is 10.1. The van der Waals surface area contributed by atoms with Gasteiger partial charge in [0.05, 0.1) is 12.3 Å². The van der Waals surface area contributed by atoms with Crippen molar-refractivity contribution >= 4 is 17.5 Å². The van der Waals surface area contributed by atoms with Crippen LogP contribution in [0.5, 0.6) is 5.75 Å². The number of ether oxygens (including phenoxy) is 1. The number of rotatable bonds is 4. The van der Waals surface area contributed by atoms with E-state index in [-0.39, 0.29) is 18.4 Å². The van der Waals surface area contributed by atoms with Gasteiger partial charge in [0, 0.05) is 0 Å². The minimum Gasteiger partial charge on any atom is -0.492 e. The first-order valence-corrected chi connectivity index (χ1v) is 6.50. The smallest absolute Gasteiger partial charge is 0.250 e. The monoisotopic (exact) mass is 262 g/mol. The molecule has 5 nitrogen and oxygen atoms in total. The summed E-state index contributed by atoms with van der Waals surface area (Å²) in [6.07, 6.45) is 0.581. The van der Waals surface area contributed by atoms with Crippen molar-refractivity contribution in [1.82, 2.24) is 5.32 Å². The lowest BCUT2D eigenvalue weighted by molar-refractivity contribution is -0.131. The van der Waals surface area contributed by atoms with E-state index < -0.39 is 6.04 Å². The molecule has 1 unspecified atom stereocenters. The Bertz CT molecular complexity index is 487. The van der Waals surface area contributed by atoms with E-state index in [9.17, 15) is 9.59 Å². The molecule has 5 heteroatoms. The molecule has 2 amide bonds. The van der Waals surface area contributed by atoms with E-state index in [1.807, 2.05) is 26.0 Å². The standard InChI is InChI=1S/C14H18N2O3/c1-3-10-14(18)16(9-13(17)15-10)11-7-5-6-8-12(11)19-4-2/h5-8,10H,3-4,9H2,1-2H3,(H,15,17). The molecule has 1 saturated heterocycles. The molecule has 1 heterocycles. The normalized spacial score (nSPS) is 19.3. The molecule has 0 bridgehead atoms. The predicted molar refractivity (Wildman–Crippen MR) is 72.2 cm³/mol. The molecule has 1 aliphatic heterocycles. The zero-order chi connectivity index (χ0) is 13.8. The molecule has 0 aromatic heterocycles. The number of nitrogens with zero attached hydrogens (tertiary/aromatic N) is 1. The van der Waals surface area contributed by atoms with Crippen molar-refractivity contribution in [3.63, 3.8) is 0 Å². The van der Waals surface area contributed by atoms with Crippen molar-refractivity contribution in [2.24, 2.45) is 0 Å². The Morgan fingerprint density at radius 2 is 2.05 bits per heavy atom. The highest BCUT2D eigenvalue weighted by Crippen LogP contribution is 2.29. The molecule has 0 aliphatic carbocycles. The molecule has 0 saturated carbocycles. The van der Waals surface area contributed by atoms with E-state index in [1.165, 1.54) is 4.90 Å². The van der Waals surface area contributed by atoms with Gasteiger partial charge in [0.1, 0.15) is 18.3 Å². The van der Waals surface area contributed by atoms with E-state index >= 15 is 0 Å². The minimum atomic E-state index is -0.448. The Hall–Kier alpha value is -2.04. The highest BCUT2D eigenvalue weighted by molar-refractivity contribution is 6.07. The average Bonchev–Trinajstić information content (AvgIpc) is 2.42. The molecule has 1 fully saturated rings. The molecular formula is C14H18N2O3. The Balaban J connectivity index is 2.34. The number of carbonyl (C=O) groups is 2. The number of carbonyl (C=O) groups excluding carboxylic acids is 2. The van der Waals surface area contributed by atoms with Crippen LogP contribution in [0.2, 0.25) is 0 Å². The van der Waals surface area contributed by atoms with E-state index in [0.717, 1.165) is 0 Å². The van der Waals surface area contributed by atoms with Gasteiger partial charge >= 0.3 is 0 Å². The maximum Gasteiger partial charge on any atom is 0.250 e. The number of hydrogen-bond donors (Lipinski definition) is 1. The third-order valence-electron chi connectivity index (χ3n) is 3.07. The molecule has 1 aliphatic rings. The maximum absolute atomic E-state index is 12.3. The minimum absolute atomic E-state index is 0.0411. The number of anilines is 1. The Morgan fingerprint density at radius 3 is 2.74 bits per heavy atom. The van der Waals surface area contributed by atoms with Crippen LogP contribution in [-0.2, 0) is 9.59 Å². The molecule has 1 aromatic carbocycles. The molecule has 102 valence electrons. The second kappa shape index (κ2) is 5.73. The highest BCUT2D eigenvalue weighted by Gasteiger charge is 2.33. The van der Waals surface area contributed by atoms with Crippen LogP contribution in [-0.4, -0.2) is 31.0 Å². The number of piperazine rings is 1. The SMILES string of the molecule is CCOc1ccccc1N1CC(=O)NC(CC)C1=O. The molecule has 1 aromatic rings. The highest BCUT2D eigenvalue weighted by atomic mass is 16.5. The number of amides is 2. The van der Waals surface area contributed by atoms with E-state index in [4.69, 9.17) is 4.74 Å². The van der Waals surface area contributed by atoms with Crippen LogP contribution in [0.1, 0.15) is 20.3 Å². The van der Waals surface area contributed by atoms with Crippen molar-refractivity contribution in [3.05, 3.63) is 24.3 Å². The van der Waals surface area contributed by atoms with Gasteiger partial charge in [-0.3, -0.25) is 14.5 Å². The van der Waals surface area contributed by atoms with Crippen molar-refractivity contribution in [3.8, 4) is 5.75 Å². The summed E-state index contributed by atoms with van der Waals surface area (Å²) in [7, 11) is 0. The van der Waals surface area contributed by atoms with Gasteiger partial charge in [-0.15, -0.1) is 0 Å². The van der Waals surface area contributed by atoms with Gasteiger partial charge in [-0.1, -0.05) is 19.1 Å². The first kappa shape index (κ1) is 13.4. The summed E-state index contributed by atoms with van der Waals surface area (Å²) in [6, 6.07) is 6.84. The van der Waals surface area contributed by atoms with Crippen LogP contribution >= 0.6 is 0 Å². The predicted octanol–water partition coefficient (Wildman–Crippen LogP) is 1.33. The van der Waals surface area contributed by atoms with Gasteiger partial charge < -0.3 is 10.1 Å². The van der Waals surface area contributed by atoms with E-state index in [0.29, 0.717) is 24.5 Å². The summed E-state index contributed by atoms with van der Waals surface area (Å²) >= 11 is 0. The van der Waals surface area contributed by atoms with Crippen molar-refractivity contribution in [1.29, 1.82) is 0 Å². The Labute approximate surface area is 112 Å². The summed E-state index contributed by atoms with van der Waals surface area (Å²) in [4.78, 5) is 25.5. The summed E-state index contributed by atoms with van der Waals surface area (Å²) < 4.78 is 5.52. The van der Waals surface area contributed by atoms with E-state index in [2.05, 4.69) is 5.32 Å². The molecule has 1 atom stereocenters. The third-order valence-corrected chi connectivity index (χ3v) is 3.07. The molecule has 19 heavy (non-hydrogen) atoms. The first-order chi connectivity index (χ1) is 9.17. The van der Waals surface area contributed by atoms with Crippen molar-refractivity contribution in [2.45, 2.75) is 26.3 Å². The number of hydrogen-bond acceptors (Lipinski definition) is 3. The van der Waals surface area contributed by atoms with Gasteiger partial charge in [0.15, 0.2) is 0 Å². The molecule has 1 N–H and O–H groups in total. The summed E-state index contributed by atoms with van der Waals surface area (Å²) in [5, 5.41) is 2.70. The molecule has 0 radical (unpaired) electrons. The van der Waals surface area contributed by atoms with Crippen LogP contribution in [0.4, 0.5) is 5.69 Å². The molecule has 2 rings (SSSR count). The Morgan fingerprint density at radius 1 is 1.32 bits per heavy atom. The fourth-order valence-corrected chi connectivity index (χ4v) is 2.15. The molecular weight excluding hydrogens is 244 g/mol. The fourth-order valence-electron chi connectivity index (χ4n) is 2.15. The Kier molecular flexibility index (Phi) is 4.04. The first-order valence-electron chi connectivity index (χ1n) is 6.50. The van der Waals surface area contributed by atoms with Gasteiger partial charge in [-0.2, -0.15) is 0 Å². The lowest BCUT2D eigenvalue weighted by Gasteiger charge is -2.32. The third kappa shape index (κ3) is 2.70. The quantitative estimate of drug-likeness (QED) is 0.890. The van der Waals surface area contributed by atoms with Crippen LogP contribution in [0.25, 0.3) is 0 Å². The second-order valence-electron chi connectivity index (χ2n) is 4.35. The number of benzene rings is 1. The fraction of sp³-hybridized carbons (Fsp3) is 0.429. The summed E-state index contributed by atoms with van der Waals surface area (Å²) in [5.41, 5.74) is 0.655. The number of nitrogens with one attached hydrogen (secondary N) is 1. The number of para-hydroxylation sites is 2. The average molecular weight is 262 g/mol. The van der Waals surface area contributed by atoms with E-state index in [1.54, 1.807) is 12.1 Å². The largest absolute Gasteiger partial charge is 0.492 e. The van der Waals surface area contributed by atoms with Crippen molar-refractivity contribution in [2.75, 3.05) is 18.1 Å². The van der Waals surface area contributed by atoms with Crippen LogP contribution < -0.4 is 15.0 Å². The van der Waals surface area contributed by atoms with Crippen LogP contribution in [0, 0.1) is 0 Å². The molecule has 0 spiro atoms. The van der Waals surface area contributed by atoms with Gasteiger partial charge in [-0.05, 0) is 25.5 Å². The maximum atomic E-state index is 12.3.